The molecule has 0 aliphatic rings. The largest absolute Gasteiger partial charge is 0.497 e. The zero-order chi connectivity index (χ0) is 20.1. The molecule has 28 heavy (non-hydrogen) atoms. The van der Waals surface area contributed by atoms with Gasteiger partial charge in [0.2, 0.25) is 5.82 Å². The molecule has 146 valence electrons. The van der Waals surface area contributed by atoms with E-state index in [0.29, 0.717) is 17.3 Å². The molecule has 3 rings (SSSR count). The average Bonchev–Trinajstić information content (AvgIpc) is 3.14. The Morgan fingerprint density at radius 3 is 2.57 bits per heavy atom. The summed E-state index contributed by atoms with van der Waals surface area (Å²) >= 11 is 0. The molecule has 0 spiro atoms. The van der Waals surface area contributed by atoms with Gasteiger partial charge in [0.15, 0.2) is 13.2 Å². The predicted molar refractivity (Wildman–Crippen MR) is 102 cm³/mol. The zero-order valence-corrected chi connectivity index (χ0v) is 16.3. The summed E-state index contributed by atoms with van der Waals surface area (Å²) in [5, 5.41) is 3.90. The van der Waals surface area contributed by atoms with Crippen LogP contribution in [0.4, 0.5) is 0 Å². The predicted octanol–water partition coefficient (Wildman–Crippen LogP) is 3.79. The van der Waals surface area contributed by atoms with E-state index in [1.54, 1.807) is 13.2 Å². The maximum Gasteiger partial charge on any atom is 0.344 e. The Kier molecular flexibility index (Phi) is 5.93. The first kappa shape index (κ1) is 19.4. The standard InChI is InChI=1S/C21H22N2O5/c1-13-8-14(2)20(15(3)9-13)27-12-19(24)26-11-18-22-21(23-28-18)16-6-5-7-17(10-16)25-4/h5-10H,11-12H2,1-4H3. The van der Waals surface area contributed by atoms with Crippen LogP contribution in [0.25, 0.3) is 11.4 Å². The smallest absolute Gasteiger partial charge is 0.344 e. The van der Waals surface area contributed by atoms with Crippen molar-refractivity contribution in [3.63, 3.8) is 0 Å². The van der Waals surface area contributed by atoms with Crippen LogP contribution in [-0.4, -0.2) is 29.8 Å². The highest BCUT2D eigenvalue weighted by Gasteiger charge is 2.13. The molecule has 1 aromatic heterocycles. The van der Waals surface area contributed by atoms with Crippen molar-refractivity contribution in [1.29, 1.82) is 0 Å². The third-order valence-electron chi connectivity index (χ3n) is 4.09. The number of methoxy groups -OCH3 is 1. The first-order chi connectivity index (χ1) is 13.5. The molecule has 7 heteroatoms. The maximum absolute atomic E-state index is 12.0. The minimum absolute atomic E-state index is 0.120. The molecule has 0 atom stereocenters. The summed E-state index contributed by atoms with van der Waals surface area (Å²) in [5.41, 5.74) is 3.85. The van der Waals surface area contributed by atoms with Crippen LogP contribution in [0.15, 0.2) is 40.9 Å². The van der Waals surface area contributed by atoms with E-state index < -0.39 is 5.97 Å². The molecule has 0 unspecified atom stereocenters. The van der Waals surface area contributed by atoms with Crippen LogP contribution >= 0.6 is 0 Å². The molecule has 3 aromatic rings. The Bertz CT molecular complexity index is 957. The molecule has 0 saturated heterocycles. The summed E-state index contributed by atoms with van der Waals surface area (Å²) in [6.07, 6.45) is 0. The lowest BCUT2D eigenvalue weighted by Gasteiger charge is -2.12. The van der Waals surface area contributed by atoms with E-state index in [2.05, 4.69) is 10.1 Å². The van der Waals surface area contributed by atoms with E-state index in [4.69, 9.17) is 18.7 Å². The highest BCUT2D eigenvalue weighted by molar-refractivity contribution is 5.71. The van der Waals surface area contributed by atoms with Gasteiger partial charge in [0.1, 0.15) is 11.5 Å². The van der Waals surface area contributed by atoms with Gasteiger partial charge in [-0.1, -0.05) is 35.0 Å². The molecule has 0 N–H and O–H groups in total. The van der Waals surface area contributed by atoms with E-state index in [9.17, 15) is 4.79 Å². The van der Waals surface area contributed by atoms with E-state index >= 15 is 0 Å². The van der Waals surface area contributed by atoms with Crippen LogP contribution in [0.5, 0.6) is 11.5 Å². The highest BCUT2D eigenvalue weighted by Crippen LogP contribution is 2.24. The number of aromatic nitrogens is 2. The summed E-state index contributed by atoms with van der Waals surface area (Å²) in [6, 6.07) is 11.3. The van der Waals surface area contributed by atoms with Crippen LogP contribution in [-0.2, 0) is 16.1 Å². The quantitative estimate of drug-likeness (QED) is 0.575. The van der Waals surface area contributed by atoms with E-state index in [1.165, 1.54) is 0 Å². The first-order valence-corrected chi connectivity index (χ1v) is 8.79. The molecule has 2 aromatic carbocycles. The van der Waals surface area contributed by atoms with Gasteiger partial charge in [-0.25, -0.2) is 4.79 Å². The monoisotopic (exact) mass is 382 g/mol. The summed E-state index contributed by atoms with van der Waals surface area (Å²) in [7, 11) is 1.59. The van der Waals surface area contributed by atoms with Crippen molar-refractivity contribution in [2.75, 3.05) is 13.7 Å². The lowest BCUT2D eigenvalue weighted by molar-refractivity contribution is -0.148. The first-order valence-electron chi connectivity index (χ1n) is 8.79. The SMILES string of the molecule is COc1cccc(-c2noc(COC(=O)COc3c(C)cc(C)cc3C)n2)c1. The summed E-state index contributed by atoms with van der Waals surface area (Å²) in [5.74, 6) is 1.47. The van der Waals surface area contributed by atoms with Crippen LogP contribution in [0.1, 0.15) is 22.6 Å². The number of hydrogen-bond donors (Lipinski definition) is 0. The van der Waals surface area contributed by atoms with Crippen molar-refractivity contribution in [2.24, 2.45) is 0 Å². The fourth-order valence-corrected chi connectivity index (χ4v) is 2.90. The van der Waals surface area contributed by atoms with Crippen LogP contribution in [0, 0.1) is 20.8 Å². The summed E-state index contributed by atoms with van der Waals surface area (Å²) < 4.78 is 21.1. The molecule has 0 amide bonds. The number of rotatable bonds is 7. The van der Waals surface area contributed by atoms with E-state index in [0.717, 1.165) is 22.3 Å². The average molecular weight is 382 g/mol. The fourth-order valence-electron chi connectivity index (χ4n) is 2.90. The van der Waals surface area contributed by atoms with Gasteiger partial charge in [0.25, 0.3) is 5.89 Å². The van der Waals surface area contributed by atoms with Crippen molar-refractivity contribution in [1.82, 2.24) is 10.1 Å². The molecule has 0 saturated carbocycles. The van der Waals surface area contributed by atoms with Crippen LogP contribution < -0.4 is 9.47 Å². The van der Waals surface area contributed by atoms with Crippen LogP contribution in [0.2, 0.25) is 0 Å². The molecule has 0 bridgehead atoms. The van der Waals surface area contributed by atoms with Gasteiger partial charge in [0.05, 0.1) is 7.11 Å². The molecule has 0 radical (unpaired) electrons. The van der Waals surface area contributed by atoms with Crippen molar-refractivity contribution >= 4 is 5.97 Å². The number of esters is 1. The van der Waals surface area contributed by atoms with Gasteiger partial charge in [-0.3, -0.25) is 0 Å². The molecule has 0 fully saturated rings. The topological polar surface area (TPSA) is 83.7 Å². The zero-order valence-electron chi connectivity index (χ0n) is 16.3. The number of carbonyl (C=O) groups is 1. The van der Waals surface area contributed by atoms with Gasteiger partial charge >= 0.3 is 5.97 Å². The Morgan fingerprint density at radius 1 is 1.11 bits per heavy atom. The number of hydrogen-bond acceptors (Lipinski definition) is 7. The fraction of sp³-hybridized carbons (Fsp3) is 0.286. The van der Waals surface area contributed by atoms with E-state index in [1.807, 2.05) is 51.1 Å². The van der Waals surface area contributed by atoms with Crippen molar-refractivity contribution < 1.29 is 23.5 Å². The minimum atomic E-state index is -0.513. The number of nitrogens with zero attached hydrogens (tertiary/aromatic N) is 2. The van der Waals surface area contributed by atoms with Crippen LogP contribution in [0.3, 0.4) is 0 Å². The van der Waals surface area contributed by atoms with Gasteiger partial charge in [0, 0.05) is 5.56 Å². The van der Waals surface area contributed by atoms with Crippen molar-refractivity contribution in [3.05, 3.63) is 59.0 Å². The van der Waals surface area contributed by atoms with Gasteiger partial charge in [-0.15, -0.1) is 0 Å². The second-order valence-corrected chi connectivity index (χ2v) is 6.42. The normalized spacial score (nSPS) is 10.6. The number of carbonyl (C=O) groups excluding carboxylic acids is 1. The minimum Gasteiger partial charge on any atom is -0.497 e. The lowest BCUT2D eigenvalue weighted by Crippen LogP contribution is -2.15. The highest BCUT2D eigenvalue weighted by atomic mass is 16.6. The Hall–Kier alpha value is -3.35. The second-order valence-electron chi connectivity index (χ2n) is 6.42. The van der Waals surface area contributed by atoms with Crippen molar-refractivity contribution in [2.45, 2.75) is 27.4 Å². The molecule has 7 nitrogen and oxygen atoms in total. The molecule has 1 heterocycles. The number of benzene rings is 2. The lowest BCUT2D eigenvalue weighted by atomic mass is 10.1. The maximum atomic E-state index is 12.0. The molecular formula is C21H22N2O5. The summed E-state index contributed by atoms with van der Waals surface area (Å²) in [6.45, 7) is 5.59. The number of ether oxygens (including phenoxy) is 3. The molecule has 0 aliphatic carbocycles. The summed E-state index contributed by atoms with van der Waals surface area (Å²) in [4.78, 5) is 16.2. The van der Waals surface area contributed by atoms with Gasteiger partial charge in [-0.05, 0) is 44.0 Å². The Morgan fingerprint density at radius 2 is 1.86 bits per heavy atom. The molecular weight excluding hydrogens is 360 g/mol. The Labute approximate surface area is 163 Å². The second kappa shape index (κ2) is 8.56. The van der Waals surface area contributed by atoms with Crippen molar-refractivity contribution in [3.8, 4) is 22.9 Å². The Balaban J connectivity index is 1.55. The van der Waals surface area contributed by atoms with E-state index in [-0.39, 0.29) is 19.1 Å². The van der Waals surface area contributed by atoms with Gasteiger partial charge in [-0.2, -0.15) is 4.98 Å². The molecule has 0 aliphatic heterocycles. The third-order valence-corrected chi connectivity index (χ3v) is 4.09. The number of aryl methyl sites for hydroxylation is 3. The third kappa shape index (κ3) is 4.68. The van der Waals surface area contributed by atoms with Gasteiger partial charge < -0.3 is 18.7 Å².